The molecule has 12 nitrogen and oxygen atoms in total. The lowest BCUT2D eigenvalue weighted by molar-refractivity contribution is -0.385. The first kappa shape index (κ1) is 19.6. The third kappa shape index (κ3) is 4.09. The Balaban J connectivity index is 2.20. The second-order valence-corrected chi connectivity index (χ2v) is 7.32. The molecular weight excluding hydrogens is 394 g/mol. The van der Waals surface area contributed by atoms with Gasteiger partial charge in [0.05, 0.1) is 10.2 Å². The third-order valence-electron chi connectivity index (χ3n) is 3.22. The fourth-order valence-electron chi connectivity index (χ4n) is 2.01. The smallest absolute Gasteiger partial charge is 0.402 e. The topological polar surface area (TPSA) is 173 Å². The van der Waals surface area contributed by atoms with Crippen molar-refractivity contribution >= 4 is 45.5 Å². The number of hydrogen-bond acceptors (Lipinski definition) is 9. The maximum atomic E-state index is 11.9. The summed E-state index contributed by atoms with van der Waals surface area (Å²) in [5.74, 6) is -2.00. The minimum atomic E-state index is -4.71. The summed E-state index contributed by atoms with van der Waals surface area (Å²) in [6.07, 6.45) is 0.123. The number of benzene rings is 1. The van der Waals surface area contributed by atoms with E-state index in [1.54, 1.807) is 6.26 Å². The van der Waals surface area contributed by atoms with Crippen LogP contribution in [0.3, 0.4) is 0 Å². The largest absolute Gasteiger partial charge is 0.432 e. The Hall–Kier alpha value is -2.71. The highest BCUT2D eigenvalue weighted by Gasteiger charge is 2.39. The Bertz CT molecular complexity index is 899. The molecule has 1 aromatic carbocycles. The molecule has 0 radical (unpaired) electrons. The van der Waals surface area contributed by atoms with E-state index in [4.69, 9.17) is 4.55 Å². The fraction of sp³-hybridized carbons (Fsp3) is 0.250. The van der Waals surface area contributed by atoms with Gasteiger partial charge in [0.2, 0.25) is 11.7 Å². The number of nitrogens with zero attached hydrogens (tertiary/aromatic N) is 2. The average Bonchev–Trinajstić information content (AvgIpc) is 2.81. The molecule has 14 heteroatoms. The summed E-state index contributed by atoms with van der Waals surface area (Å²) < 4.78 is 35.7. The van der Waals surface area contributed by atoms with E-state index in [-0.39, 0.29) is 6.42 Å². The number of hydrazine groups is 1. The summed E-state index contributed by atoms with van der Waals surface area (Å²) in [6.45, 7) is 0. The molecule has 1 aliphatic heterocycles. The van der Waals surface area contributed by atoms with Crippen molar-refractivity contribution in [3.05, 3.63) is 28.3 Å². The third-order valence-corrected chi connectivity index (χ3v) is 5.01. The van der Waals surface area contributed by atoms with Crippen LogP contribution < -0.4 is 10.2 Å². The maximum Gasteiger partial charge on any atom is 0.432 e. The first-order valence-electron chi connectivity index (χ1n) is 6.68. The minimum absolute atomic E-state index is 0.122. The SMILES string of the molecule is CSC1CC(=O)N(NC(=O)Oc2ccc(S(=O)(=O)O)cc2[N+](=O)[O-])C1=O. The standard InChI is InChI=1S/C12H11N3O9S2/c1-25-9-5-10(16)14(11(9)17)13-12(18)24-8-3-2-6(26(21,22)23)4-7(8)15(19)20/h2-4,9H,5H2,1H3,(H,13,18)(H,21,22,23). The van der Waals surface area contributed by atoms with Gasteiger partial charge in [0.25, 0.3) is 16.0 Å². The van der Waals surface area contributed by atoms with Crippen molar-refractivity contribution in [2.75, 3.05) is 6.26 Å². The first-order valence-corrected chi connectivity index (χ1v) is 9.41. The zero-order chi connectivity index (χ0) is 19.6. The molecule has 1 saturated heterocycles. The molecule has 140 valence electrons. The first-order chi connectivity index (χ1) is 12.0. The van der Waals surface area contributed by atoms with Crippen molar-refractivity contribution in [2.45, 2.75) is 16.6 Å². The molecule has 0 aliphatic carbocycles. The van der Waals surface area contributed by atoms with Gasteiger partial charge in [-0.3, -0.25) is 24.3 Å². The zero-order valence-electron chi connectivity index (χ0n) is 12.9. The van der Waals surface area contributed by atoms with Gasteiger partial charge in [0, 0.05) is 12.5 Å². The van der Waals surface area contributed by atoms with Crippen LogP contribution in [-0.4, -0.2) is 52.3 Å². The number of carbonyl (C=O) groups is 3. The molecule has 1 heterocycles. The number of nitro benzene ring substituents is 1. The predicted molar refractivity (Wildman–Crippen MR) is 85.8 cm³/mol. The lowest BCUT2D eigenvalue weighted by atomic mass is 10.3. The molecule has 1 unspecified atom stereocenters. The number of amides is 3. The van der Waals surface area contributed by atoms with Crippen molar-refractivity contribution in [1.82, 2.24) is 10.4 Å². The van der Waals surface area contributed by atoms with Crippen LogP contribution in [0.4, 0.5) is 10.5 Å². The van der Waals surface area contributed by atoms with Crippen LogP contribution in [0.2, 0.25) is 0 Å². The van der Waals surface area contributed by atoms with Gasteiger partial charge in [-0.1, -0.05) is 0 Å². The van der Waals surface area contributed by atoms with Gasteiger partial charge in [-0.05, 0) is 18.4 Å². The molecule has 0 bridgehead atoms. The van der Waals surface area contributed by atoms with E-state index in [0.717, 1.165) is 23.9 Å². The number of hydrogen-bond donors (Lipinski definition) is 2. The van der Waals surface area contributed by atoms with E-state index in [0.29, 0.717) is 11.1 Å². The number of rotatable bonds is 5. The molecule has 1 atom stereocenters. The number of nitro groups is 1. The molecule has 1 fully saturated rings. The van der Waals surface area contributed by atoms with Crippen LogP contribution in [0.5, 0.6) is 5.75 Å². The van der Waals surface area contributed by atoms with Crippen LogP contribution in [0.15, 0.2) is 23.1 Å². The number of nitrogens with one attached hydrogen (secondary N) is 1. The van der Waals surface area contributed by atoms with Gasteiger partial charge in [0.15, 0.2) is 0 Å². The van der Waals surface area contributed by atoms with E-state index in [1.807, 2.05) is 5.43 Å². The normalized spacial score (nSPS) is 17.3. The quantitative estimate of drug-likeness (QED) is 0.301. The molecule has 0 aromatic heterocycles. The summed E-state index contributed by atoms with van der Waals surface area (Å²) >= 11 is 1.12. The van der Waals surface area contributed by atoms with Crippen molar-refractivity contribution in [3.8, 4) is 5.75 Å². The molecule has 2 rings (SSSR count). The number of imide groups is 1. The minimum Gasteiger partial charge on any atom is -0.402 e. The van der Waals surface area contributed by atoms with E-state index in [2.05, 4.69) is 4.74 Å². The van der Waals surface area contributed by atoms with Crippen molar-refractivity contribution in [2.24, 2.45) is 0 Å². The van der Waals surface area contributed by atoms with Crippen molar-refractivity contribution in [1.29, 1.82) is 0 Å². The number of ether oxygens (including phenoxy) is 1. The van der Waals surface area contributed by atoms with Gasteiger partial charge in [-0.2, -0.15) is 25.2 Å². The Morgan fingerprint density at radius 2 is 2.12 bits per heavy atom. The highest BCUT2D eigenvalue weighted by molar-refractivity contribution is 8.00. The Morgan fingerprint density at radius 3 is 2.62 bits per heavy atom. The Labute approximate surface area is 150 Å². The van der Waals surface area contributed by atoms with E-state index in [1.165, 1.54) is 0 Å². The van der Waals surface area contributed by atoms with Crippen LogP contribution in [0.1, 0.15) is 6.42 Å². The van der Waals surface area contributed by atoms with Crippen molar-refractivity contribution in [3.63, 3.8) is 0 Å². The van der Waals surface area contributed by atoms with E-state index < -0.39 is 54.5 Å². The van der Waals surface area contributed by atoms with Crippen molar-refractivity contribution < 1.29 is 37.0 Å². The van der Waals surface area contributed by atoms with Crippen LogP contribution in [-0.2, 0) is 19.7 Å². The van der Waals surface area contributed by atoms with E-state index in [9.17, 15) is 32.9 Å². The molecule has 0 saturated carbocycles. The van der Waals surface area contributed by atoms with Crippen LogP contribution in [0.25, 0.3) is 0 Å². The fourth-order valence-corrected chi connectivity index (χ4v) is 3.12. The Kier molecular flexibility index (Phi) is 5.48. The highest BCUT2D eigenvalue weighted by Crippen LogP contribution is 2.30. The second-order valence-electron chi connectivity index (χ2n) is 4.86. The highest BCUT2D eigenvalue weighted by atomic mass is 32.2. The average molecular weight is 405 g/mol. The number of carbonyl (C=O) groups excluding carboxylic acids is 3. The summed E-state index contributed by atoms with van der Waals surface area (Å²) in [5, 5.41) is 10.8. The summed E-state index contributed by atoms with van der Waals surface area (Å²) in [4.78, 5) is 44.6. The number of thioether (sulfide) groups is 1. The predicted octanol–water partition coefficient (Wildman–Crippen LogP) is 0.335. The molecule has 2 N–H and O–H groups in total. The molecule has 0 spiro atoms. The van der Waals surface area contributed by atoms with Crippen LogP contribution in [0, 0.1) is 10.1 Å². The Morgan fingerprint density at radius 1 is 1.46 bits per heavy atom. The van der Waals surface area contributed by atoms with Gasteiger partial charge in [-0.25, -0.2) is 10.2 Å². The van der Waals surface area contributed by atoms with Gasteiger partial charge in [-0.15, -0.1) is 0 Å². The van der Waals surface area contributed by atoms with Gasteiger partial charge < -0.3 is 4.74 Å². The molecular formula is C12H11N3O9S2. The lowest BCUT2D eigenvalue weighted by Gasteiger charge is -2.15. The maximum absolute atomic E-state index is 11.9. The second kappa shape index (κ2) is 7.27. The molecule has 3 amide bonds. The van der Waals surface area contributed by atoms with E-state index >= 15 is 0 Å². The lowest BCUT2D eigenvalue weighted by Crippen LogP contribution is -2.47. The van der Waals surface area contributed by atoms with Crippen LogP contribution >= 0.6 is 11.8 Å². The van der Waals surface area contributed by atoms with Gasteiger partial charge in [0.1, 0.15) is 4.90 Å². The summed E-state index contributed by atoms with van der Waals surface area (Å²) in [6, 6.07) is 2.05. The molecule has 1 aliphatic rings. The molecule has 26 heavy (non-hydrogen) atoms. The molecule has 1 aromatic rings. The summed E-state index contributed by atoms with van der Waals surface area (Å²) in [7, 11) is -4.71. The zero-order valence-corrected chi connectivity index (χ0v) is 14.6. The monoisotopic (exact) mass is 405 g/mol. The summed E-state index contributed by atoms with van der Waals surface area (Å²) in [5.41, 5.74) is 0.952. The van der Waals surface area contributed by atoms with Gasteiger partial charge >= 0.3 is 11.8 Å².